The van der Waals surface area contributed by atoms with Crippen molar-refractivity contribution in [3.8, 4) is 0 Å². The van der Waals surface area contributed by atoms with Crippen LogP contribution >= 0.6 is 15.9 Å². The van der Waals surface area contributed by atoms with Crippen molar-refractivity contribution in [1.82, 2.24) is 15.3 Å². The fourth-order valence-corrected chi connectivity index (χ4v) is 3.59. The largest absolute Gasteiger partial charge is 0.467 e. The van der Waals surface area contributed by atoms with Gasteiger partial charge in [0.25, 0.3) is 5.91 Å². The summed E-state index contributed by atoms with van der Waals surface area (Å²) < 4.78 is 6.23. The topological polar surface area (TPSA) is 71.3 Å². The molecule has 1 N–H and O–H groups in total. The van der Waals surface area contributed by atoms with E-state index in [1.165, 1.54) is 5.56 Å². The normalized spacial score (nSPS) is 11.0. The third kappa shape index (κ3) is 5.03. The maximum atomic E-state index is 12.6. The zero-order chi connectivity index (χ0) is 21.0. The summed E-state index contributed by atoms with van der Waals surface area (Å²) in [7, 11) is 0. The van der Waals surface area contributed by atoms with Gasteiger partial charge in [0.2, 0.25) is 5.95 Å². The average molecular weight is 457 g/mol. The lowest BCUT2D eigenvalue weighted by molar-refractivity contribution is 0.0943. The van der Waals surface area contributed by atoms with Crippen molar-refractivity contribution >= 4 is 33.5 Å². The molecule has 3 rings (SSSR count). The average Bonchev–Trinajstić information content (AvgIpc) is 3.21. The second-order valence-corrected chi connectivity index (χ2v) is 7.92. The van der Waals surface area contributed by atoms with E-state index in [0.717, 1.165) is 15.9 Å². The van der Waals surface area contributed by atoms with E-state index in [2.05, 4.69) is 63.3 Å². The Morgan fingerprint density at radius 1 is 1.24 bits per heavy atom. The molecule has 1 aromatic carbocycles. The molecule has 0 saturated heterocycles. The number of amides is 1. The Hall–Kier alpha value is -2.67. The first-order chi connectivity index (χ1) is 13.9. The van der Waals surface area contributed by atoms with Crippen molar-refractivity contribution in [2.45, 2.75) is 40.2 Å². The summed E-state index contributed by atoms with van der Waals surface area (Å²) >= 11 is 3.68. The third-order valence-electron chi connectivity index (χ3n) is 4.57. The molecule has 0 aliphatic rings. The highest BCUT2D eigenvalue weighted by Gasteiger charge is 2.18. The van der Waals surface area contributed by atoms with E-state index < -0.39 is 0 Å². The van der Waals surface area contributed by atoms with Crippen molar-refractivity contribution in [2.24, 2.45) is 0 Å². The molecule has 0 aliphatic carbocycles. The summed E-state index contributed by atoms with van der Waals surface area (Å²) in [4.78, 5) is 23.7. The molecule has 0 fully saturated rings. The van der Waals surface area contributed by atoms with Crippen LogP contribution in [0.3, 0.4) is 0 Å². The van der Waals surface area contributed by atoms with Crippen LogP contribution in [-0.2, 0) is 6.54 Å². The molecule has 0 atom stereocenters. The molecule has 6 nitrogen and oxygen atoms in total. The van der Waals surface area contributed by atoms with Crippen molar-refractivity contribution in [2.75, 3.05) is 11.4 Å². The van der Waals surface area contributed by atoms with E-state index in [9.17, 15) is 4.79 Å². The molecular formula is C22H25BrN4O2. The maximum Gasteiger partial charge on any atom is 0.270 e. The van der Waals surface area contributed by atoms with Crippen LogP contribution in [0.4, 0.5) is 11.6 Å². The van der Waals surface area contributed by atoms with Gasteiger partial charge in [-0.3, -0.25) is 4.79 Å². The van der Waals surface area contributed by atoms with E-state index in [-0.39, 0.29) is 5.91 Å². The number of hydrogen-bond acceptors (Lipinski definition) is 5. The predicted octanol–water partition coefficient (Wildman–Crippen LogP) is 5.35. The molecule has 0 saturated carbocycles. The van der Waals surface area contributed by atoms with Crippen LogP contribution in [-0.4, -0.2) is 22.4 Å². The van der Waals surface area contributed by atoms with Crippen LogP contribution < -0.4 is 10.2 Å². The van der Waals surface area contributed by atoms with Crippen molar-refractivity contribution in [1.29, 1.82) is 0 Å². The highest BCUT2D eigenvalue weighted by Crippen LogP contribution is 2.33. The molecule has 0 aliphatic heterocycles. The van der Waals surface area contributed by atoms with Crippen molar-refractivity contribution in [3.05, 3.63) is 69.8 Å². The molecule has 0 unspecified atom stereocenters. The minimum Gasteiger partial charge on any atom is -0.467 e. The van der Waals surface area contributed by atoms with Crippen LogP contribution in [0.2, 0.25) is 0 Å². The first kappa shape index (κ1) is 21.0. The van der Waals surface area contributed by atoms with Crippen LogP contribution in [0, 0.1) is 6.92 Å². The number of benzene rings is 1. The highest BCUT2D eigenvalue weighted by molar-refractivity contribution is 9.10. The first-order valence-electron chi connectivity index (χ1n) is 9.62. The Balaban J connectivity index is 1.87. The third-order valence-corrected chi connectivity index (χ3v) is 5.20. The fourth-order valence-electron chi connectivity index (χ4n) is 2.98. The van der Waals surface area contributed by atoms with Gasteiger partial charge in [0.1, 0.15) is 11.5 Å². The Labute approximate surface area is 179 Å². The number of rotatable bonds is 7. The number of hydrogen-bond donors (Lipinski definition) is 1. The van der Waals surface area contributed by atoms with Crippen LogP contribution in [0.1, 0.15) is 54.2 Å². The minimum absolute atomic E-state index is 0.265. The standard InChI is InChI=1S/C22H25BrN4O2/c1-5-27(20-9-8-16(14(2)3)12-18(20)23)22-25-15(4)11-19(26-22)21(28)24-13-17-7-6-10-29-17/h6-12,14H,5,13H2,1-4H3,(H,24,28). The highest BCUT2D eigenvalue weighted by atomic mass is 79.9. The van der Waals surface area contributed by atoms with E-state index in [0.29, 0.717) is 36.4 Å². The maximum absolute atomic E-state index is 12.6. The summed E-state index contributed by atoms with van der Waals surface area (Å²) in [5.74, 6) is 1.36. The lowest BCUT2D eigenvalue weighted by atomic mass is 10.0. The van der Waals surface area contributed by atoms with Gasteiger partial charge < -0.3 is 14.6 Å². The zero-order valence-electron chi connectivity index (χ0n) is 17.1. The first-order valence-corrected chi connectivity index (χ1v) is 10.4. The molecule has 3 aromatic rings. The van der Waals surface area contributed by atoms with E-state index >= 15 is 0 Å². The quantitative estimate of drug-likeness (QED) is 0.518. The lowest BCUT2D eigenvalue weighted by Crippen LogP contribution is -2.26. The lowest BCUT2D eigenvalue weighted by Gasteiger charge is -2.23. The summed E-state index contributed by atoms with van der Waals surface area (Å²) in [5.41, 5.74) is 3.27. The molecule has 1 amide bonds. The molecule has 0 spiro atoms. The second kappa shape index (κ2) is 9.22. The fraction of sp³-hybridized carbons (Fsp3) is 0.318. The number of carbonyl (C=O) groups is 1. The Bertz CT molecular complexity index is 986. The van der Waals surface area contributed by atoms with Gasteiger partial charge in [0, 0.05) is 16.7 Å². The van der Waals surface area contributed by atoms with Gasteiger partial charge in [-0.25, -0.2) is 9.97 Å². The summed E-state index contributed by atoms with van der Waals surface area (Å²) in [5, 5.41) is 2.83. The van der Waals surface area contributed by atoms with Crippen LogP contribution in [0.15, 0.2) is 51.6 Å². The van der Waals surface area contributed by atoms with Gasteiger partial charge in [-0.15, -0.1) is 0 Å². The monoisotopic (exact) mass is 456 g/mol. The molecular weight excluding hydrogens is 432 g/mol. The number of aromatic nitrogens is 2. The van der Waals surface area contributed by atoms with Crippen LogP contribution in [0.5, 0.6) is 0 Å². The molecule has 0 radical (unpaired) electrons. The van der Waals surface area contributed by atoms with E-state index in [4.69, 9.17) is 4.42 Å². The Morgan fingerprint density at radius 3 is 2.66 bits per heavy atom. The molecule has 2 aromatic heterocycles. The van der Waals surface area contributed by atoms with Gasteiger partial charge >= 0.3 is 0 Å². The second-order valence-electron chi connectivity index (χ2n) is 7.07. The Kier molecular flexibility index (Phi) is 6.69. The number of carbonyl (C=O) groups excluding carboxylic acids is 1. The molecule has 0 bridgehead atoms. The number of nitrogens with zero attached hydrogens (tertiary/aromatic N) is 3. The number of anilines is 2. The van der Waals surface area contributed by atoms with Gasteiger partial charge in [-0.2, -0.15) is 0 Å². The molecule has 29 heavy (non-hydrogen) atoms. The minimum atomic E-state index is -0.265. The molecule has 152 valence electrons. The van der Waals surface area contributed by atoms with Gasteiger partial charge in [-0.1, -0.05) is 19.9 Å². The number of aryl methyl sites for hydroxylation is 1. The summed E-state index contributed by atoms with van der Waals surface area (Å²) in [6, 6.07) is 11.6. The predicted molar refractivity (Wildman–Crippen MR) is 118 cm³/mol. The number of nitrogens with one attached hydrogen (secondary N) is 1. The van der Waals surface area contributed by atoms with E-state index in [1.807, 2.05) is 24.8 Å². The van der Waals surface area contributed by atoms with Gasteiger partial charge in [0.15, 0.2) is 0 Å². The smallest absolute Gasteiger partial charge is 0.270 e. The van der Waals surface area contributed by atoms with Crippen molar-refractivity contribution < 1.29 is 9.21 Å². The summed E-state index contributed by atoms with van der Waals surface area (Å²) in [6.07, 6.45) is 1.58. The zero-order valence-corrected chi connectivity index (χ0v) is 18.7. The van der Waals surface area contributed by atoms with Gasteiger partial charge in [-0.05, 0) is 71.6 Å². The van der Waals surface area contributed by atoms with E-state index in [1.54, 1.807) is 18.4 Å². The number of furan rings is 1. The SMILES string of the molecule is CCN(c1nc(C)cc(C(=O)NCc2ccco2)n1)c1ccc(C(C)C)cc1Br. The van der Waals surface area contributed by atoms with Crippen molar-refractivity contribution in [3.63, 3.8) is 0 Å². The van der Waals surface area contributed by atoms with Gasteiger partial charge in [0.05, 0.1) is 18.5 Å². The van der Waals surface area contributed by atoms with Crippen LogP contribution in [0.25, 0.3) is 0 Å². The Morgan fingerprint density at radius 2 is 2.03 bits per heavy atom. The molecule has 7 heteroatoms. The molecule has 2 heterocycles. The number of halogens is 1. The summed E-state index contributed by atoms with van der Waals surface area (Å²) in [6.45, 7) is 9.19.